The molecular formula is C14H20N4. The largest absolute Gasteiger partial charge is 0.383 e. The first-order valence-electron chi connectivity index (χ1n) is 6.38. The molecule has 2 N–H and O–H groups in total. The van der Waals surface area contributed by atoms with Crippen molar-refractivity contribution in [1.82, 2.24) is 14.5 Å². The standard InChI is InChI=1S/C14H20N4/c1-4-5-8-18-11(3)17-13(14(18)15)12-9-16-7-6-10(12)2/h6-7,9H,4-5,8,15H2,1-3H3. The molecule has 0 radical (unpaired) electrons. The van der Waals surface area contributed by atoms with Crippen LogP contribution in [0.1, 0.15) is 31.2 Å². The highest BCUT2D eigenvalue weighted by Gasteiger charge is 2.14. The molecule has 0 saturated carbocycles. The van der Waals surface area contributed by atoms with Gasteiger partial charge < -0.3 is 10.3 Å². The van der Waals surface area contributed by atoms with E-state index in [0.29, 0.717) is 0 Å². The van der Waals surface area contributed by atoms with Gasteiger partial charge in [0.15, 0.2) is 0 Å². The minimum absolute atomic E-state index is 0.747. The summed E-state index contributed by atoms with van der Waals surface area (Å²) in [5.74, 6) is 1.72. The Balaban J connectivity index is 2.44. The summed E-state index contributed by atoms with van der Waals surface area (Å²) in [6.45, 7) is 7.16. The summed E-state index contributed by atoms with van der Waals surface area (Å²) in [4.78, 5) is 8.75. The van der Waals surface area contributed by atoms with E-state index in [-0.39, 0.29) is 0 Å². The van der Waals surface area contributed by atoms with E-state index < -0.39 is 0 Å². The van der Waals surface area contributed by atoms with Gasteiger partial charge in [-0.3, -0.25) is 4.98 Å². The van der Waals surface area contributed by atoms with E-state index in [1.807, 2.05) is 19.2 Å². The molecule has 4 heteroatoms. The SMILES string of the molecule is CCCCn1c(C)nc(-c2cnccc2C)c1N. The minimum Gasteiger partial charge on any atom is -0.383 e. The van der Waals surface area contributed by atoms with Crippen molar-refractivity contribution in [2.45, 2.75) is 40.2 Å². The monoisotopic (exact) mass is 244 g/mol. The van der Waals surface area contributed by atoms with Gasteiger partial charge >= 0.3 is 0 Å². The summed E-state index contributed by atoms with van der Waals surface area (Å²) in [5, 5.41) is 0. The molecule has 0 aliphatic heterocycles. The lowest BCUT2D eigenvalue weighted by atomic mass is 10.1. The Kier molecular flexibility index (Phi) is 3.65. The first-order valence-corrected chi connectivity index (χ1v) is 6.38. The van der Waals surface area contributed by atoms with E-state index >= 15 is 0 Å². The third kappa shape index (κ3) is 2.23. The van der Waals surface area contributed by atoms with Crippen LogP contribution in [0.4, 0.5) is 5.82 Å². The van der Waals surface area contributed by atoms with Gasteiger partial charge in [0, 0.05) is 24.5 Å². The van der Waals surface area contributed by atoms with Crippen molar-refractivity contribution in [3.8, 4) is 11.3 Å². The zero-order valence-electron chi connectivity index (χ0n) is 11.3. The number of aryl methyl sites for hydroxylation is 2. The third-order valence-electron chi connectivity index (χ3n) is 3.23. The zero-order valence-corrected chi connectivity index (χ0v) is 11.3. The van der Waals surface area contributed by atoms with Gasteiger partial charge in [-0.25, -0.2) is 4.98 Å². The second-order valence-corrected chi connectivity index (χ2v) is 4.59. The van der Waals surface area contributed by atoms with Crippen molar-refractivity contribution >= 4 is 5.82 Å². The van der Waals surface area contributed by atoms with Gasteiger partial charge in [-0.1, -0.05) is 13.3 Å². The Morgan fingerprint density at radius 2 is 2.11 bits per heavy atom. The number of pyridine rings is 1. The van der Waals surface area contributed by atoms with E-state index in [2.05, 4.69) is 28.4 Å². The Hall–Kier alpha value is -1.84. The van der Waals surface area contributed by atoms with Crippen molar-refractivity contribution in [1.29, 1.82) is 0 Å². The van der Waals surface area contributed by atoms with E-state index in [0.717, 1.165) is 47.8 Å². The first kappa shape index (κ1) is 12.6. The van der Waals surface area contributed by atoms with Crippen LogP contribution in [-0.2, 0) is 6.54 Å². The van der Waals surface area contributed by atoms with Gasteiger partial charge in [0.2, 0.25) is 0 Å². The number of rotatable bonds is 4. The fourth-order valence-electron chi connectivity index (χ4n) is 2.09. The lowest BCUT2D eigenvalue weighted by molar-refractivity contribution is 0.622. The van der Waals surface area contributed by atoms with E-state index in [9.17, 15) is 0 Å². The second-order valence-electron chi connectivity index (χ2n) is 4.59. The third-order valence-corrected chi connectivity index (χ3v) is 3.23. The molecule has 2 heterocycles. The molecule has 2 rings (SSSR count). The normalized spacial score (nSPS) is 10.8. The molecular weight excluding hydrogens is 224 g/mol. The summed E-state index contributed by atoms with van der Waals surface area (Å²) in [6.07, 6.45) is 5.89. The average molecular weight is 244 g/mol. The lowest BCUT2D eigenvalue weighted by Gasteiger charge is -2.07. The number of aromatic nitrogens is 3. The molecule has 0 aliphatic carbocycles. The number of nitrogen functional groups attached to an aromatic ring is 1. The van der Waals surface area contributed by atoms with Crippen LogP contribution in [0, 0.1) is 13.8 Å². The number of unbranched alkanes of at least 4 members (excludes halogenated alkanes) is 1. The number of nitrogens with zero attached hydrogens (tertiary/aromatic N) is 3. The Bertz CT molecular complexity index is 543. The van der Waals surface area contributed by atoms with Gasteiger partial charge in [0.1, 0.15) is 17.3 Å². The van der Waals surface area contributed by atoms with Gasteiger partial charge in [-0.15, -0.1) is 0 Å². The van der Waals surface area contributed by atoms with E-state index in [4.69, 9.17) is 5.73 Å². The van der Waals surface area contributed by atoms with Crippen LogP contribution in [0.3, 0.4) is 0 Å². The molecule has 0 amide bonds. The number of hydrogen-bond acceptors (Lipinski definition) is 3. The van der Waals surface area contributed by atoms with Crippen LogP contribution in [0.2, 0.25) is 0 Å². The predicted octanol–water partition coefficient (Wildman–Crippen LogP) is 2.94. The fraction of sp³-hybridized carbons (Fsp3) is 0.429. The van der Waals surface area contributed by atoms with Crippen molar-refractivity contribution < 1.29 is 0 Å². The van der Waals surface area contributed by atoms with Gasteiger partial charge in [-0.2, -0.15) is 0 Å². The molecule has 0 fully saturated rings. The molecule has 0 aromatic carbocycles. The van der Waals surface area contributed by atoms with Gasteiger partial charge in [0.05, 0.1) is 0 Å². The molecule has 4 nitrogen and oxygen atoms in total. The zero-order chi connectivity index (χ0) is 13.1. The predicted molar refractivity (Wildman–Crippen MR) is 74.3 cm³/mol. The first-order chi connectivity index (χ1) is 8.65. The average Bonchev–Trinajstić information content (AvgIpc) is 2.63. The van der Waals surface area contributed by atoms with Crippen LogP contribution in [0.25, 0.3) is 11.3 Å². The van der Waals surface area contributed by atoms with Crippen molar-refractivity contribution in [2.24, 2.45) is 0 Å². The number of imidazole rings is 1. The molecule has 2 aromatic rings. The Morgan fingerprint density at radius 3 is 2.78 bits per heavy atom. The van der Waals surface area contributed by atoms with Gasteiger partial charge in [-0.05, 0) is 31.9 Å². The summed E-state index contributed by atoms with van der Waals surface area (Å²) >= 11 is 0. The summed E-state index contributed by atoms with van der Waals surface area (Å²) in [6, 6.07) is 1.98. The molecule has 0 bridgehead atoms. The number of anilines is 1. The molecule has 18 heavy (non-hydrogen) atoms. The van der Waals surface area contributed by atoms with E-state index in [1.165, 1.54) is 0 Å². The maximum atomic E-state index is 6.22. The van der Waals surface area contributed by atoms with Crippen LogP contribution >= 0.6 is 0 Å². The lowest BCUT2D eigenvalue weighted by Crippen LogP contribution is -2.05. The topological polar surface area (TPSA) is 56.7 Å². The summed E-state index contributed by atoms with van der Waals surface area (Å²) in [7, 11) is 0. The van der Waals surface area contributed by atoms with Crippen molar-refractivity contribution in [3.63, 3.8) is 0 Å². The highest BCUT2D eigenvalue weighted by atomic mass is 15.1. The van der Waals surface area contributed by atoms with E-state index in [1.54, 1.807) is 6.20 Å². The summed E-state index contributed by atoms with van der Waals surface area (Å²) in [5.41, 5.74) is 9.25. The van der Waals surface area contributed by atoms with Crippen molar-refractivity contribution in [3.05, 3.63) is 29.8 Å². The molecule has 0 spiro atoms. The molecule has 0 unspecified atom stereocenters. The molecule has 96 valence electrons. The van der Waals surface area contributed by atoms with Gasteiger partial charge in [0.25, 0.3) is 0 Å². The fourth-order valence-corrected chi connectivity index (χ4v) is 2.09. The highest BCUT2D eigenvalue weighted by Crippen LogP contribution is 2.28. The Labute approximate surface area is 108 Å². The maximum Gasteiger partial charge on any atom is 0.131 e. The number of hydrogen-bond donors (Lipinski definition) is 1. The molecule has 0 atom stereocenters. The molecule has 0 saturated heterocycles. The van der Waals surface area contributed by atoms with Crippen LogP contribution in [0.5, 0.6) is 0 Å². The maximum absolute atomic E-state index is 6.22. The van der Waals surface area contributed by atoms with Crippen LogP contribution < -0.4 is 5.73 Å². The van der Waals surface area contributed by atoms with Crippen LogP contribution in [-0.4, -0.2) is 14.5 Å². The molecule has 0 aliphatic rings. The van der Waals surface area contributed by atoms with Crippen LogP contribution in [0.15, 0.2) is 18.5 Å². The van der Waals surface area contributed by atoms with Crippen molar-refractivity contribution in [2.75, 3.05) is 5.73 Å². The highest BCUT2D eigenvalue weighted by molar-refractivity contribution is 5.72. The quantitative estimate of drug-likeness (QED) is 0.899. The second kappa shape index (κ2) is 5.21. The smallest absolute Gasteiger partial charge is 0.131 e. The summed E-state index contributed by atoms with van der Waals surface area (Å²) < 4.78 is 2.09. The minimum atomic E-state index is 0.747. The molecule has 2 aromatic heterocycles. The Morgan fingerprint density at radius 1 is 1.33 bits per heavy atom. The number of nitrogens with two attached hydrogens (primary N) is 1.